The molecule has 2 amide bonds. The number of methoxy groups -OCH3 is 1. The van der Waals surface area contributed by atoms with Gasteiger partial charge in [-0.1, -0.05) is 12.1 Å². The molecule has 1 aliphatic carbocycles. The Balaban J connectivity index is 1.51. The van der Waals surface area contributed by atoms with Crippen molar-refractivity contribution in [2.45, 2.75) is 38.8 Å². The van der Waals surface area contributed by atoms with E-state index in [1.807, 2.05) is 42.2 Å². The van der Waals surface area contributed by atoms with Gasteiger partial charge in [0, 0.05) is 31.3 Å². The zero-order chi connectivity index (χ0) is 23.1. The Morgan fingerprint density at radius 3 is 2.55 bits per heavy atom. The molecule has 1 saturated carbocycles. The molecule has 0 radical (unpaired) electrons. The van der Waals surface area contributed by atoms with Crippen LogP contribution in [0.4, 0.5) is 16.2 Å². The van der Waals surface area contributed by atoms with E-state index in [9.17, 15) is 9.59 Å². The molecule has 1 fully saturated rings. The van der Waals surface area contributed by atoms with E-state index in [4.69, 9.17) is 9.47 Å². The van der Waals surface area contributed by atoms with E-state index in [-0.39, 0.29) is 11.9 Å². The molecule has 2 heterocycles. The van der Waals surface area contributed by atoms with E-state index in [0.717, 1.165) is 24.0 Å². The van der Waals surface area contributed by atoms with Crippen molar-refractivity contribution in [2.75, 3.05) is 23.5 Å². The zero-order valence-corrected chi connectivity index (χ0v) is 18.9. The van der Waals surface area contributed by atoms with E-state index in [1.54, 1.807) is 41.2 Å². The molecule has 2 aliphatic rings. The summed E-state index contributed by atoms with van der Waals surface area (Å²) in [5.74, 6) is 0.925. The monoisotopic (exact) mass is 446 g/mol. The van der Waals surface area contributed by atoms with Crippen molar-refractivity contribution in [1.82, 2.24) is 9.78 Å². The minimum absolute atomic E-state index is 0.0705. The highest BCUT2D eigenvalue weighted by Crippen LogP contribution is 2.40. The Kier molecular flexibility index (Phi) is 5.28. The summed E-state index contributed by atoms with van der Waals surface area (Å²) in [5.41, 5.74) is 3.21. The predicted molar refractivity (Wildman–Crippen MR) is 125 cm³/mol. The van der Waals surface area contributed by atoms with Crippen LogP contribution in [0.3, 0.4) is 0 Å². The van der Waals surface area contributed by atoms with Gasteiger partial charge in [-0.05, 0) is 49.6 Å². The molecule has 0 bridgehead atoms. The van der Waals surface area contributed by atoms with Crippen molar-refractivity contribution >= 4 is 23.4 Å². The smallest absolute Gasteiger partial charge is 0.419 e. The molecule has 1 aliphatic heterocycles. The molecule has 5 rings (SSSR count). The highest BCUT2D eigenvalue weighted by atomic mass is 16.6. The largest absolute Gasteiger partial charge is 0.497 e. The third-order valence-corrected chi connectivity index (χ3v) is 6.08. The number of rotatable bonds is 4. The average Bonchev–Trinajstić information content (AvgIpc) is 3.54. The quantitative estimate of drug-likeness (QED) is 0.583. The maximum Gasteiger partial charge on any atom is 0.419 e. The van der Waals surface area contributed by atoms with Gasteiger partial charge >= 0.3 is 6.09 Å². The zero-order valence-electron chi connectivity index (χ0n) is 18.9. The summed E-state index contributed by atoms with van der Waals surface area (Å²) < 4.78 is 12.9. The second-order valence-electron chi connectivity index (χ2n) is 8.54. The summed E-state index contributed by atoms with van der Waals surface area (Å²) in [6.45, 7) is 3.78. The van der Waals surface area contributed by atoms with E-state index in [1.165, 1.54) is 6.92 Å². The molecular weight excluding hydrogens is 420 g/mol. The number of hydrogen-bond acceptors (Lipinski definition) is 5. The van der Waals surface area contributed by atoms with Crippen LogP contribution >= 0.6 is 0 Å². The third-order valence-electron chi connectivity index (χ3n) is 6.08. The number of ether oxygens (including phenoxy) is 2. The number of benzene rings is 2. The first-order chi connectivity index (χ1) is 15.9. The van der Waals surface area contributed by atoms with Crippen LogP contribution in [-0.2, 0) is 4.79 Å². The summed E-state index contributed by atoms with van der Waals surface area (Å²) >= 11 is 0. The number of carbonyl (C=O) groups is 2. The number of nitrogens with zero attached hydrogens (tertiary/aromatic N) is 4. The van der Waals surface area contributed by atoms with Crippen molar-refractivity contribution in [2.24, 2.45) is 0 Å². The van der Waals surface area contributed by atoms with E-state index >= 15 is 0 Å². The maximum absolute atomic E-state index is 13.2. The fourth-order valence-corrected chi connectivity index (χ4v) is 4.30. The van der Waals surface area contributed by atoms with Gasteiger partial charge in [0.1, 0.15) is 11.5 Å². The minimum atomic E-state index is -0.509. The topological polar surface area (TPSA) is 76.9 Å². The number of fused-ring (bicyclic) bond motifs is 1. The molecule has 0 spiro atoms. The Labute approximate surface area is 192 Å². The lowest BCUT2D eigenvalue weighted by Gasteiger charge is -2.40. The summed E-state index contributed by atoms with van der Waals surface area (Å²) in [6.07, 6.45) is 5.67. The van der Waals surface area contributed by atoms with Crippen LogP contribution in [0.15, 0.2) is 54.9 Å². The number of aromatic nitrogens is 2. The van der Waals surface area contributed by atoms with Gasteiger partial charge in [0.25, 0.3) is 0 Å². The summed E-state index contributed by atoms with van der Waals surface area (Å²) in [4.78, 5) is 29.0. The van der Waals surface area contributed by atoms with E-state index < -0.39 is 6.09 Å². The average molecular weight is 447 g/mol. The Morgan fingerprint density at radius 2 is 1.82 bits per heavy atom. The SMILES string of the molecule is COc1cccc(OC(=O)N2C[C@H](C)N(C(C)=O)c3ccc(-c4cnn(C5CC5)c4)cc32)c1. The molecule has 0 unspecified atom stereocenters. The molecule has 0 N–H and O–H groups in total. The molecule has 3 aromatic rings. The Hall–Kier alpha value is -3.81. The van der Waals surface area contributed by atoms with Gasteiger partial charge in [0.05, 0.1) is 36.8 Å². The molecule has 8 nitrogen and oxygen atoms in total. The highest BCUT2D eigenvalue weighted by molar-refractivity contribution is 6.03. The van der Waals surface area contributed by atoms with Crippen LogP contribution in [0, 0.1) is 0 Å². The summed E-state index contributed by atoms with van der Waals surface area (Å²) in [7, 11) is 1.56. The molecule has 170 valence electrons. The van der Waals surface area contributed by atoms with Gasteiger partial charge in [-0.2, -0.15) is 5.10 Å². The number of anilines is 2. The van der Waals surface area contributed by atoms with Gasteiger partial charge in [-0.3, -0.25) is 14.4 Å². The Bertz CT molecular complexity index is 1220. The van der Waals surface area contributed by atoms with Crippen molar-refractivity contribution in [3.8, 4) is 22.6 Å². The molecule has 33 heavy (non-hydrogen) atoms. The number of hydrogen-bond donors (Lipinski definition) is 0. The lowest BCUT2D eigenvalue weighted by molar-refractivity contribution is -0.117. The van der Waals surface area contributed by atoms with Crippen LogP contribution in [0.2, 0.25) is 0 Å². The second-order valence-corrected chi connectivity index (χ2v) is 8.54. The van der Waals surface area contributed by atoms with Crippen LogP contribution in [0.5, 0.6) is 11.5 Å². The van der Waals surface area contributed by atoms with Crippen LogP contribution < -0.4 is 19.3 Å². The first kappa shape index (κ1) is 21.1. The molecule has 1 aromatic heterocycles. The third kappa shape index (κ3) is 4.04. The Morgan fingerprint density at radius 1 is 1.03 bits per heavy atom. The van der Waals surface area contributed by atoms with Gasteiger partial charge < -0.3 is 14.4 Å². The van der Waals surface area contributed by atoms with Crippen molar-refractivity contribution in [3.63, 3.8) is 0 Å². The van der Waals surface area contributed by atoms with Crippen LogP contribution in [-0.4, -0.2) is 41.5 Å². The molecule has 8 heteroatoms. The van der Waals surface area contributed by atoms with Crippen molar-refractivity contribution < 1.29 is 19.1 Å². The molecule has 2 aromatic carbocycles. The van der Waals surface area contributed by atoms with E-state index in [2.05, 4.69) is 5.10 Å². The first-order valence-electron chi connectivity index (χ1n) is 11.1. The van der Waals surface area contributed by atoms with Gasteiger partial charge in [0.2, 0.25) is 5.91 Å². The van der Waals surface area contributed by atoms with E-state index in [0.29, 0.717) is 35.5 Å². The first-order valence-corrected chi connectivity index (χ1v) is 11.1. The van der Waals surface area contributed by atoms with Gasteiger partial charge in [0.15, 0.2) is 0 Å². The molecule has 0 saturated heterocycles. The molecular formula is C25H26N4O4. The minimum Gasteiger partial charge on any atom is -0.497 e. The number of amides is 2. The van der Waals surface area contributed by atoms with Crippen LogP contribution in [0.25, 0.3) is 11.1 Å². The van der Waals surface area contributed by atoms with Gasteiger partial charge in [-0.15, -0.1) is 0 Å². The van der Waals surface area contributed by atoms with Crippen molar-refractivity contribution in [3.05, 3.63) is 54.9 Å². The molecule has 1 atom stereocenters. The lowest BCUT2D eigenvalue weighted by atomic mass is 10.0. The van der Waals surface area contributed by atoms with Crippen LogP contribution in [0.1, 0.15) is 32.7 Å². The fourth-order valence-electron chi connectivity index (χ4n) is 4.30. The summed E-state index contributed by atoms with van der Waals surface area (Å²) in [6, 6.07) is 13.0. The maximum atomic E-state index is 13.2. The van der Waals surface area contributed by atoms with Gasteiger partial charge in [-0.25, -0.2) is 4.79 Å². The predicted octanol–water partition coefficient (Wildman–Crippen LogP) is 4.65. The highest BCUT2D eigenvalue weighted by Gasteiger charge is 2.35. The lowest BCUT2D eigenvalue weighted by Crippen LogP contribution is -2.52. The fraction of sp³-hybridized carbons (Fsp3) is 0.320. The second kappa shape index (κ2) is 8.27. The summed E-state index contributed by atoms with van der Waals surface area (Å²) in [5, 5.41) is 4.48. The normalized spacial score (nSPS) is 17.5. The van der Waals surface area contributed by atoms with Crippen molar-refractivity contribution in [1.29, 1.82) is 0 Å². The number of carbonyl (C=O) groups excluding carboxylic acids is 2. The standard InChI is InChI=1S/C25H26N4O4/c1-16-14-27(25(31)33-22-6-4-5-21(12-22)32-3)24-11-18(7-10-23(24)29(16)17(2)30)19-13-26-28(15-19)20-8-9-20/h4-7,10-13,15-16,20H,8-9,14H2,1-3H3/t16-/m0/s1.